The summed E-state index contributed by atoms with van der Waals surface area (Å²) < 4.78 is 43.5. The Morgan fingerprint density at radius 3 is 2.27 bits per heavy atom. The molecule has 13 heteroatoms. The summed E-state index contributed by atoms with van der Waals surface area (Å²) in [4.78, 5) is 13.5. The van der Waals surface area contributed by atoms with Crippen LogP contribution in [0, 0.1) is 12.7 Å². The van der Waals surface area contributed by atoms with E-state index in [1.54, 1.807) is 36.5 Å². The standard InChI is InChI=1S/C24H25FN8O3S/c1-17-14-23(28-24(27-17)32-12-10-31(11-13-32)20-4-2-18(25)3-5-20)36-16-19-15-33(30-29-19)21-6-8-22(9-7-21)37(26,34)35/h2-9,14-15H,10-13,16H2,1H3,(H2,26,34,35). The van der Waals surface area contributed by atoms with E-state index in [2.05, 4.69) is 30.1 Å². The molecule has 11 nitrogen and oxygen atoms in total. The third-order valence-electron chi connectivity index (χ3n) is 5.91. The molecule has 1 saturated heterocycles. The monoisotopic (exact) mass is 524 g/mol. The fourth-order valence-electron chi connectivity index (χ4n) is 3.98. The number of rotatable bonds is 7. The van der Waals surface area contributed by atoms with Crippen molar-refractivity contribution in [3.8, 4) is 11.6 Å². The molecule has 0 spiro atoms. The van der Waals surface area contributed by atoms with E-state index in [4.69, 9.17) is 9.88 Å². The van der Waals surface area contributed by atoms with Crippen LogP contribution in [0.25, 0.3) is 5.69 Å². The first-order valence-corrected chi connectivity index (χ1v) is 13.1. The molecule has 0 saturated carbocycles. The molecule has 2 N–H and O–H groups in total. The number of hydrogen-bond acceptors (Lipinski definition) is 9. The van der Waals surface area contributed by atoms with Crippen LogP contribution in [-0.2, 0) is 16.6 Å². The summed E-state index contributed by atoms with van der Waals surface area (Å²) in [5.41, 5.74) is 2.97. The SMILES string of the molecule is Cc1cc(OCc2cn(-c3ccc(S(N)(=O)=O)cc3)nn2)nc(N2CCN(c3ccc(F)cc3)CC2)n1. The fourth-order valence-corrected chi connectivity index (χ4v) is 4.50. The van der Waals surface area contributed by atoms with Gasteiger partial charge in [-0.15, -0.1) is 5.10 Å². The van der Waals surface area contributed by atoms with E-state index >= 15 is 0 Å². The van der Waals surface area contributed by atoms with Gasteiger partial charge in [0.2, 0.25) is 21.9 Å². The van der Waals surface area contributed by atoms with E-state index in [0.29, 0.717) is 23.2 Å². The van der Waals surface area contributed by atoms with Gasteiger partial charge in [-0.05, 0) is 55.5 Å². The average molecular weight is 525 g/mol. The van der Waals surface area contributed by atoms with Crippen molar-refractivity contribution in [2.75, 3.05) is 36.0 Å². The van der Waals surface area contributed by atoms with Crippen LogP contribution in [0.15, 0.2) is 65.7 Å². The van der Waals surface area contributed by atoms with Crippen molar-refractivity contribution >= 4 is 21.7 Å². The second kappa shape index (κ2) is 10.1. The highest BCUT2D eigenvalue weighted by Gasteiger charge is 2.20. The van der Waals surface area contributed by atoms with E-state index in [9.17, 15) is 12.8 Å². The predicted molar refractivity (Wildman–Crippen MR) is 135 cm³/mol. The van der Waals surface area contributed by atoms with Gasteiger partial charge in [0.1, 0.15) is 18.1 Å². The van der Waals surface area contributed by atoms with Crippen LogP contribution in [0.3, 0.4) is 0 Å². The molecule has 2 aromatic carbocycles. The molecule has 4 aromatic rings. The second-order valence-corrected chi connectivity index (χ2v) is 10.1. The van der Waals surface area contributed by atoms with Gasteiger partial charge in [-0.3, -0.25) is 0 Å². The van der Waals surface area contributed by atoms with Gasteiger partial charge < -0.3 is 14.5 Å². The zero-order chi connectivity index (χ0) is 26.0. The lowest BCUT2D eigenvalue weighted by Gasteiger charge is -2.36. The first-order chi connectivity index (χ1) is 17.7. The maximum absolute atomic E-state index is 13.2. The third-order valence-corrected chi connectivity index (χ3v) is 6.84. The smallest absolute Gasteiger partial charge is 0.238 e. The first-order valence-electron chi connectivity index (χ1n) is 11.5. The van der Waals surface area contributed by atoms with E-state index < -0.39 is 10.0 Å². The number of nitrogens with two attached hydrogens (primary N) is 1. The highest BCUT2D eigenvalue weighted by atomic mass is 32.2. The topological polar surface area (TPSA) is 132 Å². The van der Waals surface area contributed by atoms with E-state index in [1.165, 1.54) is 28.9 Å². The van der Waals surface area contributed by atoms with Crippen molar-refractivity contribution in [3.63, 3.8) is 0 Å². The molecule has 0 radical (unpaired) electrons. The summed E-state index contributed by atoms with van der Waals surface area (Å²) in [7, 11) is -3.76. The molecule has 0 amide bonds. The Hall–Kier alpha value is -4.10. The van der Waals surface area contributed by atoms with Crippen LogP contribution in [-0.4, -0.2) is 59.6 Å². The normalized spacial score (nSPS) is 14.1. The Bertz CT molecular complexity index is 1490. The molecule has 37 heavy (non-hydrogen) atoms. The molecule has 2 aromatic heterocycles. The first kappa shape index (κ1) is 24.6. The van der Waals surface area contributed by atoms with Gasteiger partial charge in [-0.1, -0.05) is 5.21 Å². The van der Waals surface area contributed by atoms with Gasteiger partial charge >= 0.3 is 0 Å². The van der Waals surface area contributed by atoms with Crippen molar-refractivity contribution in [1.29, 1.82) is 0 Å². The summed E-state index contributed by atoms with van der Waals surface area (Å²) in [6.45, 7) is 5.00. The number of ether oxygens (including phenoxy) is 1. The molecule has 192 valence electrons. The number of aromatic nitrogens is 5. The number of sulfonamides is 1. The molecular weight excluding hydrogens is 499 g/mol. The Kier molecular flexibility index (Phi) is 6.72. The second-order valence-electron chi connectivity index (χ2n) is 8.58. The maximum atomic E-state index is 13.2. The van der Waals surface area contributed by atoms with Gasteiger partial charge in [0, 0.05) is 43.6 Å². The molecule has 1 aliphatic rings. The minimum Gasteiger partial charge on any atom is -0.471 e. The lowest BCUT2D eigenvalue weighted by atomic mass is 10.2. The third kappa shape index (κ3) is 5.84. The van der Waals surface area contributed by atoms with Crippen molar-refractivity contribution in [2.45, 2.75) is 18.4 Å². The molecule has 5 rings (SSSR count). The zero-order valence-electron chi connectivity index (χ0n) is 20.0. The summed E-state index contributed by atoms with van der Waals surface area (Å²) in [6.07, 6.45) is 1.69. The van der Waals surface area contributed by atoms with Crippen molar-refractivity contribution in [3.05, 3.63) is 78.0 Å². The largest absolute Gasteiger partial charge is 0.471 e. The van der Waals surface area contributed by atoms with Crippen LogP contribution in [0.4, 0.5) is 16.0 Å². The average Bonchev–Trinajstić information content (AvgIpc) is 3.37. The van der Waals surface area contributed by atoms with Crippen LogP contribution in [0.2, 0.25) is 0 Å². The quantitative estimate of drug-likeness (QED) is 0.386. The highest BCUT2D eigenvalue weighted by molar-refractivity contribution is 7.89. The summed E-state index contributed by atoms with van der Waals surface area (Å²) in [6, 6.07) is 14.3. The lowest BCUT2D eigenvalue weighted by molar-refractivity contribution is 0.288. The zero-order valence-corrected chi connectivity index (χ0v) is 20.8. The number of nitrogens with zero attached hydrogens (tertiary/aromatic N) is 7. The number of primary sulfonamides is 1. The van der Waals surface area contributed by atoms with Gasteiger partial charge in [0.15, 0.2) is 0 Å². The van der Waals surface area contributed by atoms with E-state index in [-0.39, 0.29) is 17.3 Å². The molecule has 0 aliphatic carbocycles. The van der Waals surface area contributed by atoms with E-state index in [1.807, 2.05) is 6.92 Å². The van der Waals surface area contributed by atoms with Crippen molar-refractivity contribution < 1.29 is 17.5 Å². The minimum atomic E-state index is -3.76. The van der Waals surface area contributed by atoms with Crippen LogP contribution >= 0.6 is 0 Å². The molecule has 1 fully saturated rings. The Labute approximate surface area is 213 Å². The van der Waals surface area contributed by atoms with Crippen molar-refractivity contribution in [2.24, 2.45) is 5.14 Å². The number of aryl methyl sites for hydroxylation is 1. The fraction of sp³-hybridized carbons (Fsp3) is 0.250. The summed E-state index contributed by atoms with van der Waals surface area (Å²) in [5.74, 6) is 0.771. The van der Waals surface area contributed by atoms with Gasteiger partial charge in [0.05, 0.1) is 16.8 Å². The Morgan fingerprint density at radius 1 is 0.946 bits per heavy atom. The summed E-state index contributed by atoms with van der Waals surface area (Å²) in [5, 5.41) is 13.3. The molecule has 3 heterocycles. The van der Waals surface area contributed by atoms with Gasteiger partial charge in [-0.2, -0.15) is 4.98 Å². The maximum Gasteiger partial charge on any atom is 0.238 e. The Balaban J connectivity index is 1.21. The minimum absolute atomic E-state index is 0.0201. The summed E-state index contributed by atoms with van der Waals surface area (Å²) >= 11 is 0. The highest BCUT2D eigenvalue weighted by Crippen LogP contribution is 2.21. The van der Waals surface area contributed by atoms with Crippen LogP contribution in [0.5, 0.6) is 5.88 Å². The van der Waals surface area contributed by atoms with Crippen molar-refractivity contribution in [1.82, 2.24) is 25.0 Å². The molecule has 0 bridgehead atoms. The van der Waals surface area contributed by atoms with E-state index in [0.717, 1.165) is 37.6 Å². The number of hydrogen-bond donors (Lipinski definition) is 1. The number of piperazine rings is 1. The molecular formula is C24H25FN8O3S. The molecule has 0 atom stereocenters. The lowest BCUT2D eigenvalue weighted by Crippen LogP contribution is -2.47. The molecule has 1 aliphatic heterocycles. The van der Waals surface area contributed by atoms with Crippen LogP contribution in [0.1, 0.15) is 11.4 Å². The van der Waals surface area contributed by atoms with Crippen LogP contribution < -0.4 is 19.7 Å². The predicted octanol–water partition coefficient (Wildman–Crippen LogP) is 2.06. The van der Waals surface area contributed by atoms with Gasteiger partial charge in [0.25, 0.3) is 0 Å². The number of anilines is 2. The number of benzene rings is 2. The molecule has 0 unspecified atom stereocenters. The number of halogens is 1. The van der Waals surface area contributed by atoms with Gasteiger partial charge in [-0.25, -0.2) is 27.6 Å². The Morgan fingerprint density at radius 2 is 1.59 bits per heavy atom.